The Bertz CT molecular complexity index is 1510. The van der Waals surface area contributed by atoms with Crippen LogP contribution in [0.1, 0.15) is 35.5 Å². The molecule has 2 aromatic carbocycles. The lowest BCUT2D eigenvalue weighted by Gasteiger charge is -2.17. The molecule has 0 spiro atoms. The van der Waals surface area contributed by atoms with Gasteiger partial charge >= 0.3 is 0 Å². The predicted molar refractivity (Wildman–Crippen MR) is 138 cm³/mol. The average Bonchev–Trinajstić information content (AvgIpc) is 3.20. The smallest absolute Gasteiger partial charge is 0.134 e. The van der Waals surface area contributed by atoms with Crippen molar-refractivity contribution in [3.8, 4) is 22.4 Å². The van der Waals surface area contributed by atoms with Gasteiger partial charge in [0.2, 0.25) is 0 Å². The molecule has 0 saturated heterocycles. The van der Waals surface area contributed by atoms with E-state index in [9.17, 15) is 0 Å². The second-order valence-corrected chi connectivity index (χ2v) is 9.00. The Hall–Kier alpha value is -3.70. The number of benzene rings is 2. The van der Waals surface area contributed by atoms with E-state index in [0.29, 0.717) is 11.0 Å². The highest BCUT2D eigenvalue weighted by Crippen LogP contribution is 2.30. The summed E-state index contributed by atoms with van der Waals surface area (Å²) >= 11 is 6.10. The molecular formula is C28H25ClN4O. The normalized spacial score (nSPS) is 12.1. The number of aromatic nitrogens is 3. The standard InChI is InChI=1S/C28H25ClN4O/c1-16-10-23(14-30-28(16)29)21-7-5-6-20(11-21)18(3)31-27-13-25(32-19(4)33-27)22-8-9-26-24(12-22)17(2)15-34-26/h5-15,18H,1-4H3,(H,31,32,33). The van der Waals surface area contributed by atoms with Gasteiger partial charge in [0.1, 0.15) is 22.4 Å². The van der Waals surface area contributed by atoms with E-state index in [1.165, 1.54) is 0 Å². The zero-order valence-corrected chi connectivity index (χ0v) is 20.3. The van der Waals surface area contributed by atoms with Gasteiger partial charge in [0, 0.05) is 34.8 Å². The molecule has 0 radical (unpaired) electrons. The van der Waals surface area contributed by atoms with Crippen molar-refractivity contribution in [3.63, 3.8) is 0 Å². The van der Waals surface area contributed by atoms with Crippen LogP contribution in [0, 0.1) is 20.8 Å². The number of nitrogens with zero attached hydrogens (tertiary/aromatic N) is 3. The Morgan fingerprint density at radius 3 is 2.56 bits per heavy atom. The molecule has 1 unspecified atom stereocenters. The first-order valence-corrected chi connectivity index (χ1v) is 11.6. The van der Waals surface area contributed by atoms with E-state index >= 15 is 0 Å². The number of aryl methyl sites for hydroxylation is 3. The van der Waals surface area contributed by atoms with Crippen LogP contribution in [0.3, 0.4) is 0 Å². The minimum Gasteiger partial charge on any atom is -0.464 e. The van der Waals surface area contributed by atoms with Crippen LogP contribution < -0.4 is 5.32 Å². The Kier molecular flexibility index (Phi) is 5.80. The van der Waals surface area contributed by atoms with Gasteiger partial charge in [-0.1, -0.05) is 29.8 Å². The fourth-order valence-electron chi connectivity index (χ4n) is 4.11. The van der Waals surface area contributed by atoms with Gasteiger partial charge in [-0.05, 0) is 80.3 Å². The van der Waals surface area contributed by atoms with Gasteiger partial charge in [-0.2, -0.15) is 0 Å². The maximum absolute atomic E-state index is 6.10. The lowest BCUT2D eigenvalue weighted by Crippen LogP contribution is -2.09. The zero-order chi connectivity index (χ0) is 23.8. The summed E-state index contributed by atoms with van der Waals surface area (Å²) in [5, 5.41) is 5.18. The van der Waals surface area contributed by atoms with Gasteiger partial charge in [-0.3, -0.25) is 0 Å². The van der Waals surface area contributed by atoms with Gasteiger partial charge in [-0.15, -0.1) is 0 Å². The number of pyridine rings is 1. The number of rotatable bonds is 5. The van der Waals surface area contributed by atoms with Crippen molar-refractivity contribution in [1.82, 2.24) is 15.0 Å². The monoisotopic (exact) mass is 468 g/mol. The summed E-state index contributed by atoms with van der Waals surface area (Å²) in [7, 11) is 0. The number of furan rings is 1. The molecule has 5 rings (SSSR count). The molecular weight excluding hydrogens is 444 g/mol. The van der Waals surface area contributed by atoms with E-state index in [2.05, 4.69) is 63.6 Å². The molecule has 6 heteroatoms. The van der Waals surface area contributed by atoms with Crippen LogP contribution in [0.2, 0.25) is 5.15 Å². The second-order valence-electron chi connectivity index (χ2n) is 8.64. The molecule has 0 amide bonds. The first kappa shape index (κ1) is 22.1. The van der Waals surface area contributed by atoms with E-state index < -0.39 is 0 Å². The van der Waals surface area contributed by atoms with Crippen LogP contribution in [0.5, 0.6) is 0 Å². The predicted octanol–water partition coefficient (Wildman–Crippen LogP) is 7.70. The van der Waals surface area contributed by atoms with Gasteiger partial charge < -0.3 is 9.73 Å². The zero-order valence-electron chi connectivity index (χ0n) is 19.6. The lowest BCUT2D eigenvalue weighted by molar-refractivity contribution is 0.613. The van der Waals surface area contributed by atoms with Crippen LogP contribution in [0.15, 0.2) is 71.5 Å². The third-order valence-corrected chi connectivity index (χ3v) is 6.40. The van der Waals surface area contributed by atoms with E-state index in [0.717, 1.165) is 55.9 Å². The van der Waals surface area contributed by atoms with Gasteiger partial charge in [0.05, 0.1) is 12.0 Å². The Morgan fingerprint density at radius 1 is 0.882 bits per heavy atom. The molecule has 1 N–H and O–H groups in total. The van der Waals surface area contributed by atoms with Crippen LogP contribution in [-0.2, 0) is 0 Å². The summed E-state index contributed by atoms with van der Waals surface area (Å²) < 4.78 is 5.59. The maximum Gasteiger partial charge on any atom is 0.134 e. The van der Waals surface area contributed by atoms with Crippen LogP contribution in [-0.4, -0.2) is 15.0 Å². The molecule has 0 aliphatic rings. The summed E-state index contributed by atoms with van der Waals surface area (Å²) in [5.41, 5.74) is 8.15. The largest absolute Gasteiger partial charge is 0.464 e. The van der Waals surface area contributed by atoms with E-state index in [1.807, 2.05) is 45.2 Å². The molecule has 170 valence electrons. The molecule has 3 heterocycles. The summed E-state index contributed by atoms with van der Waals surface area (Å²) in [4.78, 5) is 13.6. The summed E-state index contributed by atoms with van der Waals surface area (Å²) in [6, 6.07) is 18.7. The quantitative estimate of drug-likeness (QED) is 0.268. The van der Waals surface area contributed by atoms with Crippen LogP contribution in [0.25, 0.3) is 33.4 Å². The minimum atomic E-state index is 0.0436. The third-order valence-electron chi connectivity index (χ3n) is 6.00. The Labute approximate surface area is 203 Å². The molecule has 0 saturated carbocycles. The first-order valence-electron chi connectivity index (χ1n) is 11.2. The van der Waals surface area contributed by atoms with Crippen molar-refractivity contribution in [1.29, 1.82) is 0 Å². The van der Waals surface area contributed by atoms with Crippen molar-refractivity contribution in [2.75, 3.05) is 5.32 Å². The Balaban J connectivity index is 1.42. The molecule has 3 aromatic heterocycles. The SMILES string of the molecule is Cc1nc(NC(C)c2cccc(-c3cnc(Cl)c(C)c3)c2)cc(-c2ccc3occ(C)c3c2)n1. The first-order chi connectivity index (χ1) is 16.4. The van der Waals surface area contributed by atoms with Crippen LogP contribution in [0.4, 0.5) is 5.82 Å². The molecule has 0 aliphatic carbocycles. The average molecular weight is 469 g/mol. The summed E-state index contributed by atoms with van der Waals surface area (Å²) in [6.45, 7) is 8.05. The molecule has 0 aliphatic heterocycles. The summed E-state index contributed by atoms with van der Waals surface area (Å²) in [6.07, 6.45) is 3.59. The van der Waals surface area contributed by atoms with Gasteiger partial charge in [-0.25, -0.2) is 15.0 Å². The lowest BCUT2D eigenvalue weighted by atomic mass is 10.0. The minimum absolute atomic E-state index is 0.0436. The van der Waals surface area contributed by atoms with Crippen molar-refractivity contribution in [2.45, 2.75) is 33.7 Å². The number of halogens is 1. The van der Waals surface area contributed by atoms with E-state index in [4.69, 9.17) is 16.0 Å². The van der Waals surface area contributed by atoms with Crippen molar-refractivity contribution in [2.24, 2.45) is 0 Å². The molecule has 0 bridgehead atoms. The van der Waals surface area contributed by atoms with Crippen molar-refractivity contribution >= 4 is 28.4 Å². The summed E-state index contributed by atoms with van der Waals surface area (Å²) in [5.74, 6) is 1.50. The topological polar surface area (TPSA) is 63.8 Å². The highest BCUT2D eigenvalue weighted by Gasteiger charge is 2.12. The molecule has 34 heavy (non-hydrogen) atoms. The molecule has 1 atom stereocenters. The number of fused-ring (bicyclic) bond motifs is 1. The van der Waals surface area contributed by atoms with E-state index in [1.54, 1.807) is 6.26 Å². The third kappa shape index (κ3) is 4.39. The van der Waals surface area contributed by atoms with Crippen LogP contribution >= 0.6 is 11.6 Å². The molecule has 5 aromatic rings. The highest BCUT2D eigenvalue weighted by molar-refractivity contribution is 6.30. The van der Waals surface area contributed by atoms with Crippen molar-refractivity contribution in [3.05, 3.63) is 94.7 Å². The number of hydrogen-bond donors (Lipinski definition) is 1. The molecule has 5 nitrogen and oxygen atoms in total. The number of anilines is 1. The fourth-order valence-corrected chi connectivity index (χ4v) is 4.22. The highest BCUT2D eigenvalue weighted by atomic mass is 35.5. The second kappa shape index (κ2) is 8.92. The Morgan fingerprint density at radius 2 is 1.74 bits per heavy atom. The number of nitrogens with one attached hydrogen (secondary N) is 1. The maximum atomic E-state index is 6.10. The van der Waals surface area contributed by atoms with E-state index in [-0.39, 0.29) is 6.04 Å². The number of hydrogen-bond acceptors (Lipinski definition) is 5. The van der Waals surface area contributed by atoms with Gasteiger partial charge in [0.25, 0.3) is 0 Å². The fraction of sp³-hybridized carbons (Fsp3) is 0.179. The molecule has 0 fully saturated rings. The van der Waals surface area contributed by atoms with Gasteiger partial charge in [0.15, 0.2) is 0 Å². The van der Waals surface area contributed by atoms with Crippen molar-refractivity contribution < 1.29 is 4.42 Å².